The minimum absolute atomic E-state index is 0.0506. The standard InChI is InChI=1S/C15H19N5O4/c1-2-16-12(21)10-20-9-11(3-4-13(20)22)14-17-18-15(24-14)19-5-7-23-8-6-19/h3-4,9H,2,5-8,10H2,1H3,(H,16,21). The molecule has 9 nitrogen and oxygen atoms in total. The van der Waals surface area contributed by atoms with Crippen LogP contribution in [-0.2, 0) is 16.1 Å². The molecule has 0 bridgehead atoms. The molecule has 1 aliphatic rings. The van der Waals surface area contributed by atoms with Crippen LogP contribution < -0.4 is 15.8 Å². The van der Waals surface area contributed by atoms with Crippen molar-refractivity contribution < 1.29 is 13.9 Å². The zero-order valence-corrected chi connectivity index (χ0v) is 13.4. The number of carbonyl (C=O) groups excluding carboxylic acids is 1. The number of pyridine rings is 1. The number of anilines is 1. The highest BCUT2D eigenvalue weighted by Crippen LogP contribution is 2.21. The van der Waals surface area contributed by atoms with E-state index < -0.39 is 0 Å². The number of likely N-dealkylation sites (N-methyl/N-ethyl adjacent to an activating group) is 1. The Morgan fingerprint density at radius 1 is 1.29 bits per heavy atom. The maximum absolute atomic E-state index is 11.9. The Morgan fingerprint density at radius 3 is 2.83 bits per heavy atom. The first kappa shape index (κ1) is 16.2. The van der Waals surface area contributed by atoms with E-state index in [1.807, 2.05) is 11.8 Å². The Bertz CT molecular complexity index is 763. The molecule has 0 atom stereocenters. The number of nitrogens with zero attached hydrogens (tertiary/aromatic N) is 4. The first-order chi connectivity index (χ1) is 11.7. The van der Waals surface area contributed by atoms with E-state index in [4.69, 9.17) is 9.15 Å². The van der Waals surface area contributed by atoms with E-state index in [2.05, 4.69) is 15.5 Å². The van der Waals surface area contributed by atoms with E-state index in [0.29, 0.717) is 50.3 Å². The molecule has 0 saturated carbocycles. The van der Waals surface area contributed by atoms with E-state index in [-0.39, 0.29) is 18.0 Å². The van der Waals surface area contributed by atoms with Crippen molar-refractivity contribution in [1.29, 1.82) is 0 Å². The highest BCUT2D eigenvalue weighted by molar-refractivity contribution is 5.75. The third-order valence-electron chi connectivity index (χ3n) is 3.61. The van der Waals surface area contributed by atoms with Gasteiger partial charge >= 0.3 is 6.01 Å². The normalized spacial score (nSPS) is 14.6. The van der Waals surface area contributed by atoms with Gasteiger partial charge in [-0.3, -0.25) is 9.59 Å². The summed E-state index contributed by atoms with van der Waals surface area (Å²) >= 11 is 0. The van der Waals surface area contributed by atoms with Crippen molar-refractivity contribution in [3.63, 3.8) is 0 Å². The van der Waals surface area contributed by atoms with Crippen LogP contribution in [0.2, 0.25) is 0 Å². The van der Waals surface area contributed by atoms with Crippen molar-refractivity contribution in [2.24, 2.45) is 0 Å². The number of carbonyl (C=O) groups is 1. The lowest BCUT2D eigenvalue weighted by molar-refractivity contribution is -0.121. The molecule has 0 aromatic carbocycles. The molecule has 1 aliphatic heterocycles. The van der Waals surface area contributed by atoms with Gasteiger partial charge in [0.25, 0.3) is 11.4 Å². The summed E-state index contributed by atoms with van der Waals surface area (Å²) in [5, 5.41) is 10.7. The quantitative estimate of drug-likeness (QED) is 0.813. The number of ether oxygens (including phenoxy) is 1. The van der Waals surface area contributed by atoms with Gasteiger partial charge in [-0.05, 0) is 13.0 Å². The predicted octanol–water partition coefficient (Wildman–Crippen LogP) is -0.129. The van der Waals surface area contributed by atoms with Gasteiger partial charge in [-0.1, -0.05) is 5.10 Å². The highest BCUT2D eigenvalue weighted by Gasteiger charge is 2.18. The molecular formula is C15H19N5O4. The van der Waals surface area contributed by atoms with E-state index in [1.54, 1.807) is 12.3 Å². The molecule has 0 unspecified atom stereocenters. The average Bonchev–Trinajstić information content (AvgIpc) is 3.08. The molecular weight excluding hydrogens is 314 g/mol. The highest BCUT2D eigenvalue weighted by atomic mass is 16.5. The molecule has 1 saturated heterocycles. The van der Waals surface area contributed by atoms with Gasteiger partial charge in [-0.2, -0.15) is 0 Å². The van der Waals surface area contributed by atoms with E-state index in [9.17, 15) is 9.59 Å². The Labute approximate surface area is 138 Å². The van der Waals surface area contributed by atoms with Gasteiger partial charge in [-0.15, -0.1) is 5.10 Å². The van der Waals surface area contributed by atoms with Crippen LogP contribution in [0.15, 0.2) is 27.5 Å². The Kier molecular flexibility index (Phi) is 4.90. The average molecular weight is 333 g/mol. The topological polar surface area (TPSA) is 102 Å². The Hall–Kier alpha value is -2.68. The molecule has 0 radical (unpaired) electrons. The number of hydrogen-bond acceptors (Lipinski definition) is 7. The molecule has 128 valence electrons. The summed E-state index contributed by atoms with van der Waals surface area (Å²) in [5.41, 5.74) is 0.323. The van der Waals surface area contributed by atoms with Crippen molar-refractivity contribution in [3.8, 4) is 11.5 Å². The smallest absolute Gasteiger partial charge is 0.318 e. The minimum Gasteiger partial charge on any atom is -0.403 e. The van der Waals surface area contributed by atoms with Gasteiger partial charge in [0.15, 0.2) is 0 Å². The van der Waals surface area contributed by atoms with Gasteiger partial charge in [-0.25, -0.2) is 0 Å². The minimum atomic E-state index is -0.266. The second-order valence-electron chi connectivity index (χ2n) is 5.33. The Balaban J connectivity index is 1.80. The van der Waals surface area contributed by atoms with Crippen LogP contribution >= 0.6 is 0 Å². The predicted molar refractivity (Wildman–Crippen MR) is 85.7 cm³/mol. The van der Waals surface area contributed by atoms with Crippen LogP contribution in [0, 0.1) is 0 Å². The number of hydrogen-bond donors (Lipinski definition) is 1. The zero-order valence-electron chi connectivity index (χ0n) is 13.4. The number of nitrogens with one attached hydrogen (secondary N) is 1. The summed E-state index contributed by atoms with van der Waals surface area (Å²) in [6, 6.07) is 3.41. The summed E-state index contributed by atoms with van der Waals surface area (Å²) < 4.78 is 12.3. The summed E-state index contributed by atoms with van der Waals surface area (Å²) in [6.07, 6.45) is 1.55. The summed E-state index contributed by atoms with van der Waals surface area (Å²) in [5.74, 6) is 0.0810. The van der Waals surface area contributed by atoms with Gasteiger partial charge in [0.1, 0.15) is 6.54 Å². The molecule has 1 fully saturated rings. The lowest BCUT2D eigenvalue weighted by Crippen LogP contribution is -2.36. The SMILES string of the molecule is CCNC(=O)Cn1cc(-c2nnc(N3CCOCC3)o2)ccc1=O. The van der Waals surface area contributed by atoms with Crippen molar-refractivity contribution in [3.05, 3.63) is 28.7 Å². The van der Waals surface area contributed by atoms with Gasteiger partial charge < -0.3 is 23.9 Å². The fourth-order valence-electron chi connectivity index (χ4n) is 2.40. The molecule has 24 heavy (non-hydrogen) atoms. The van der Waals surface area contributed by atoms with Crippen molar-refractivity contribution in [2.45, 2.75) is 13.5 Å². The number of rotatable bonds is 5. The van der Waals surface area contributed by atoms with E-state index in [0.717, 1.165) is 0 Å². The van der Waals surface area contributed by atoms with E-state index in [1.165, 1.54) is 10.6 Å². The van der Waals surface area contributed by atoms with Gasteiger partial charge in [0.05, 0.1) is 18.8 Å². The second kappa shape index (κ2) is 7.26. The van der Waals surface area contributed by atoms with Crippen LogP contribution in [0.1, 0.15) is 6.92 Å². The molecule has 0 aliphatic carbocycles. The fraction of sp³-hybridized carbons (Fsp3) is 0.467. The summed E-state index contributed by atoms with van der Waals surface area (Å²) in [4.78, 5) is 25.5. The van der Waals surface area contributed by atoms with Crippen LogP contribution in [0.4, 0.5) is 6.01 Å². The van der Waals surface area contributed by atoms with Gasteiger partial charge in [0.2, 0.25) is 5.91 Å². The first-order valence-electron chi connectivity index (χ1n) is 7.81. The third kappa shape index (κ3) is 3.62. The molecule has 2 aromatic rings. The molecule has 0 spiro atoms. The maximum Gasteiger partial charge on any atom is 0.318 e. The lowest BCUT2D eigenvalue weighted by atomic mass is 10.3. The summed E-state index contributed by atoms with van der Waals surface area (Å²) in [6.45, 7) is 4.91. The monoisotopic (exact) mass is 333 g/mol. The fourth-order valence-corrected chi connectivity index (χ4v) is 2.40. The number of aromatic nitrogens is 3. The van der Waals surface area contributed by atoms with E-state index >= 15 is 0 Å². The second-order valence-corrected chi connectivity index (χ2v) is 5.33. The summed E-state index contributed by atoms with van der Waals surface area (Å²) in [7, 11) is 0. The Morgan fingerprint density at radius 2 is 2.08 bits per heavy atom. The van der Waals surface area contributed by atoms with Gasteiger partial charge in [0, 0.05) is 31.9 Å². The molecule has 2 aromatic heterocycles. The van der Waals surface area contributed by atoms with Crippen LogP contribution in [-0.4, -0.2) is 53.5 Å². The molecule has 9 heteroatoms. The van der Waals surface area contributed by atoms with Crippen LogP contribution in [0.25, 0.3) is 11.5 Å². The molecule has 1 amide bonds. The maximum atomic E-state index is 11.9. The lowest BCUT2D eigenvalue weighted by Gasteiger charge is -2.24. The third-order valence-corrected chi connectivity index (χ3v) is 3.61. The van der Waals surface area contributed by atoms with Crippen LogP contribution in [0.5, 0.6) is 0 Å². The number of amides is 1. The van der Waals surface area contributed by atoms with Crippen molar-refractivity contribution in [2.75, 3.05) is 37.7 Å². The van der Waals surface area contributed by atoms with Crippen LogP contribution in [0.3, 0.4) is 0 Å². The van der Waals surface area contributed by atoms with Crippen molar-refractivity contribution in [1.82, 2.24) is 20.1 Å². The molecule has 3 heterocycles. The molecule has 1 N–H and O–H groups in total. The first-order valence-corrected chi connectivity index (χ1v) is 7.81. The largest absolute Gasteiger partial charge is 0.403 e. The zero-order chi connectivity index (χ0) is 16.9. The number of morpholine rings is 1. The molecule has 3 rings (SSSR count). The van der Waals surface area contributed by atoms with Crippen molar-refractivity contribution >= 4 is 11.9 Å².